The van der Waals surface area contributed by atoms with Crippen molar-refractivity contribution in [2.75, 3.05) is 6.54 Å². The van der Waals surface area contributed by atoms with Crippen molar-refractivity contribution in [3.8, 4) is 17.1 Å². The van der Waals surface area contributed by atoms with Gasteiger partial charge in [-0.2, -0.15) is 0 Å². The monoisotopic (exact) mass is 437 g/mol. The van der Waals surface area contributed by atoms with Gasteiger partial charge in [0, 0.05) is 39.9 Å². The number of H-pyrrole nitrogens is 1. The number of hydrogen-bond donors (Lipinski definition) is 2. The average molecular weight is 438 g/mol. The topological polar surface area (TPSA) is 75.6 Å². The lowest BCUT2D eigenvalue weighted by molar-refractivity contribution is -0.120. The van der Waals surface area contributed by atoms with Crippen LogP contribution in [0.2, 0.25) is 5.02 Å². The van der Waals surface area contributed by atoms with Crippen molar-refractivity contribution in [1.82, 2.24) is 25.1 Å². The Balaban J connectivity index is 1.62. The number of thioether (sulfide) groups is 1. The van der Waals surface area contributed by atoms with Gasteiger partial charge in [-0.25, -0.2) is 0 Å². The van der Waals surface area contributed by atoms with Crippen LogP contribution in [-0.4, -0.2) is 37.5 Å². The van der Waals surface area contributed by atoms with E-state index in [2.05, 4.69) is 26.6 Å². The quantitative estimate of drug-likeness (QED) is 0.479. The molecular weight excluding hydrogens is 418 g/mol. The van der Waals surface area contributed by atoms with E-state index in [-0.39, 0.29) is 11.2 Å². The summed E-state index contributed by atoms with van der Waals surface area (Å²) in [4.78, 5) is 15.8. The van der Waals surface area contributed by atoms with E-state index in [0.29, 0.717) is 10.2 Å². The first kappa shape index (κ1) is 19.2. The SMILES string of the molecule is O=C1NCCCCC1Sc1nnc(-c2c[nH]c3ccccc23)n1-c1ccc(Cl)cc1. The lowest BCUT2D eigenvalue weighted by Crippen LogP contribution is -2.30. The van der Waals surface area contributed by atoms with Gasteiger partial charge in [0.15, 0.2) is 11.0 Å². The molecular formula is C22H20ClN5OS. The third kappa shape index (κ3) is 3.59. The number of benzene rings is 2. The number of amides is 1. The van der Waals surface area contributed by atoms with Crippen LogP contribution < -0.4 is 5.32 Å². The summed E-state index contributed by atoms with van der Waals surface area (Å²) in [5.74, 6) is 0.795. The number of hydrogen-bond acceptors (Lipinski definition) is 4. The van der Waals surface area contributed by atoms with Gasteiger partial charge in [-0.3, -0.25) is 9.36 Å². The Labute approximate surface area is 183 Å². The van der Waals surface area contributed by atoms with E-state index in [1.165, 1.54) is 11.8 Å². The van der Waals surface area contributed by atoms with Crippen molar-refractivity contribution in [3.05, 3.63) is 59.8 Å². The summed E-state index contributed by atoms with van der Waals surface area (Å²) in [6, 6.07) is 15.7. The molecule has 5 rings (SSSR count). The van der Waals surface area contributed by atoms with Crippen LogP contribution >= 0.6 is 23.4 Å². The van der Waals surface area contributed by atoms with Crippen molar-refractivity contribution in [2.45, 2.75) is 29.7 Å². The number of carbonyl (C=O) groups excluding carboxylic acids is 1. The molecule has 2 aromatic carbocycles. The molecule has 2 N–H and O–H groups in total. The fraction of sp³-hybridized carbons (Fsp3) is 0.227. The zero-order chi connectivity index (χ0) is 20.5. The first-order valence-electron chi connectivity index (χ1n) is 9.93. The molecule has 1 unspecified atom stereocenters. The zero-order valence-electron chi connectivity index (χ0n) is 16.1. The highest BCUT2D eigenvalue weighted by Crippen LogP contribution is 2.35. The second kappa shape index (κ2) is 8.16. The molecule has 0 saturated carbocycles. The predicted molar refractivity (Wildman–Crippen MR) is 120 cm³/mol. The average Bonchev–Trinajstić information content (AvgIpc) is 3.31. The van der Waals surface area contributed by atoms with Crippen LogP contribution in [-0.2, 0) is 4.79 Å². The first-order chi connectivity index (χ1) is 14.7. The van der Waals surface area contributed by atoms with Gasteiger partial charge in [0.25, 0.3) is 0 Å². The highest BCUT2D eigenvalue weighted by Gasteiger charge is 2.26. The van der Waals surface area contributed by atoms with Gasteiger partial charge in [-0.1, -0.05) is 48.0 Å². The first-order valence-corrected chi connectivity index (χ1v) is 11.2. The Bertz CT molecular complexity index is 1200. The summed E-state index contributed by atoms with van der Waals surface area (Å²) in [7, 11) is 0. The van der Waals surface area contributed by atoms with Crippen LogP contribution in [0.3, 0.4) is 0 Å². The van der Waals surface area contributed by atoms with Gasteiger partial charge < -0.3 is 10.3 Å². The number of nitrogens with zero attached hydrogens (tertiary/aromatic N) is 3. The molecule has 30 heavy (non-hydrogen) atoms. The van der Waals surface area contributed by atoms with Crippen molar-refractivity contribution >= 4 is 40.2 Å². The highest BCUT2D eigenvalue weighted by molar-refractivity contribution is 8.00. The molecule has 0 aliphatic carbocycles. The minimum atomic E-state index is -0.182. The Morgan fingerprint density at radius 3 is 2.77 bits per heavy atom. The minimum Gasteiger partial charge on any atom is -0.360 e. The molecule has 4 aromatic rings. The van der Waals surface area contributed by atoms with E-state index in [4.69, 9.17) is 11.6 Å². The molecule has 1 fully saturated rings. The minimum absolute atomic E-state index is 0.0665. The van der Waals surface area contributed by atoms with Crippen LogP contribution in [0.1, 0.15) is 19.3 Å². The lowest BCUT2D eigenvalue weighted by Gasteiger charge is -2.14. The van der Waals surface area contributed by atoms with Crippen LogP contribution in [0.25, 0.3) is 28.0 Å². The molecule has 0 bridgehead atoms. The number of para-hydroxylation sites is 1. The van der Waals surface area contributed by atoms with E-state index < -0.39 is 0 Å². The van der Waals surface area contributed by atoms with Crippen molar-refractivity contribution < 1.29 is 4.79 Å². The second-order valence-electron chi connectivity index (χ2n) is 7.26. The van der Waals surface area contributed by atoms with E-state index in [1.54, 1.807) is 0 Å². The summed E-state index contributed by atoms with van der Waals surface area (Å²) in [6.07, 6.45) is 4.80. The second-order valence-corrected chi connectivity index (χ2v) is 8.87. The maximum Gasteiger partial charge on any atom is 0.233 e. The van der Waals surface area contributed by atoms with Crippen LogP contribution in [0, 0.1) is 0 Å². The van der Waals surface area contributed by atoms with Crippen LogP contribution in [0.4, 0.5) is 0 Å². The van der Waals surface area contributed by atoms with Gasteiger partial charge in [0.05, 0.1) is 5.25 Å². The molecule has 1 aliphatic rings. The summed E-state index contributed by atoms with van der Waals surface area (Å²) < 4.78 is 2.01. The fourth-order valence-corrected chi connectivity index (χ4v) is 4.99. The molecule has 6 nitrogen and oxygen atoms in total. The van der Waals surface area contributed by atoms with Crippen LogP contribution in [0.15, 0.2) is 59.9 Å². The van der Waals surface area contributed by atoms with E-state index in [9.17, 15) is 4.79 Å². The van der Waals surface area contributed by atoms with Gasteiger partial charge in [0.1, 0.15) is 0 Å². The molecule has 1 atom stereocenters. The molecule has 3 heterocycles. The Morgan fingerprint density at radius 1 is 1.07 bits per heavy atom. The molecule has 0 spiro atoms. The fourth-order valence-electron chi connectivity index (χ4n) is 3.75. The summed E-state index contributed by atoms with van der Waals surface area (Å²) in [6.45, 7) is 0.736. The summed E-state index contributed by atoms with van der Waals surface area (Å²) in [5, 5.41) is 14.3. The highest BCUT2D eigenvalue weighted by atomic mass is 35.5. The van der Waals surface area contributed by atoms with Crippen molar-refractivity contribution in [3.63, 3.8) is 0 Å². The maximum atomic E-state index is 12.5. The summed E-state index contributed by atoms with van der Waals surface area (Å²) in [5.41, 5.74) is 2.90. The number of aromatic nitrogens is 4. The molecule has 1 amide bonds. The number of halogens is 1. The number of carbonyl (C=O) groups is 1. The van der Waals surface area contributed by atoms with E-state index in [1.807, 2.05) is 53.2 Å². The third-order valence-corrected chi connectivity index (χ3v) is 6.74. The third-order valence-electron chi connectivity index (χ3n) is 5.28. The van der Waals surface area contributed by atoms with Gasteiger partial charge in [0.2, 0.25) is 5.91 Å². The maximum absolute atomic E-state index is 12.5. The normalized spacial score (nSPS) is 17.1. The van der Waals surface area contributed by atoms with E-state index in [0.717, 1.165) is 53.8 Å². The predicted octanol–water partition coefficient (Wildman–Crippen LogP) is 4.83. The van der Waals surface area contributed by atoms with Gasteiger partial charge >= 0.3 is 0 Å². The van der Waals surface area contributed by atoms with Crippen LogP contribution in [0.5, 0.6) is 0 Å². The van der Waals surface area contributed by atoms with Crippen molar-refractivity contribution in [1.29, 1.82) is 0 Å². The summed E-state index contributed by atoms with van der Waals surface area (Å²) >= 11 is 7.59. The number of nitrogens with one attached hydrogen (secondary N) is 2. The number of rotatable bonds is 4. The zero-order valence-corrected chi connectivity index (χ0v) is 17.7. The van der Waals surface area contributed by atoms with Gasteiger partial charge in [-0.05, 0) is 43.2 Å². The molecule has 0 radical (unpaired) electrons. The van der Waals surface area contributed by atoms with E-state index >= 15 is 0 Å². The molecule has 1 saturated heterocycles. The Hall–Kier alpha value is -2.77. The van der Waals surface area contributed by atoms with Crippen molar-refractivity contribution in [2.24, 2.45) is 0 Å². The Morgan fingerprint density at radius 2 is 1.90 bits per heavy atom. The largest absolute Gasteiger partial charge is 0.360 e. The number of fused-ring (bicyclic) bond motifs is 1. The Kier molecular flexibility index (Phi) is 5.23. The smallest absolute Gasteiger partial charge is 0.233 e. The molecule has 8 heteroatoms. The number of aromatic amines is 1. The molecule has 1 aliphatic heterocycles. The lowest BCUT2D eigenvalue weighted by atomic mass is 10.1. The van der Waals surface area contributed by atoms with Gasteiger partial charge in [-0.15, -0.1) is 10.2 Å². The molecule has 152 valence electrons. The standard InChI is InChI=1S/C22H20ClN5OS/c23-14-8-10-15(11-9-14)28-20(17-13-25-18-6-2-1-5-16(17)18)26-27-22(28)30-19-7-3-4-12-24-21(19)29/h1-2,5-6,8-11,13,19,25H,3-4,7,12H2,(H,24,29). The molecule has 2 aromatic heterocycles.